The van der Waals surface area contributed by atoms with Gasteiger partial charge in [-0.15, -0.1) is 0 Å². The second-order valence-electron chi connectivity index (χ2n) is 4.46. The van der Waals surface area contributed by atoms with E-state index in [2.05, 4.69) is 15.9 Å². The fourth-order valence-corrected chi connectivity index (χ4v) is 2.61. The van der Waals surface area contributed by atoms with Gasteiger partial charge in [-0.05, 0) is 46.1 Å². The number of hydrogen-bond acceptors (Lipinski definition) is 1. The normalized spacial score (nSPS) is 12.5. The molecule has 2 aromatic rings. The molecular formula is C15H13BrClFO. The molecule has 1 nitrogen and oxygen atoms in total. The Morgan fingerprint density at radius 3 is 2.74 bits per heavy atom. The Morgan fingerprint density at radius 1 is 1.32 bits per heavy atom. The van der Waals surface area contributed by atoms with Gasteiger partial charge in [-0.3, -0.25) is 0 Å². The molecule has 0 fully saturated rings. The smallest absolute Gasteiger partial charge is 0.143 e. The molecule has 0 radical (unpaired) electrons. The Bertz CT molecular complexity index is 601. The highest BCUT2D eigenvalue weighted by molar-refractivity contribution is 9.10. The maximum Gasteiger partial charge on any atom is 0.143 e. The van der Waals surface area contributed by atoms with Gasteiger partial charge in [0.15, 0.2) is 0 Å². The van der Waals surface area contributed by atoms with Crippen molar-refractivity contribution >= 4 is 27.5 Å². The first kappa shape index (κ1) is 14.5. The Kier molecular flexibility index (Phi) is 4.61. The third kappa shape index (κ3) is 3.35. The SMILES string of the molecule is Cc1ccc(CC(O)c2cccc(Br)c2F)c(Cl)c1. The van der Waals surface area contributed by atoms with Gasteiger partial charge < -0.3 is 5.11 Å². The van der Waals surface area contributed by atoms with E-state index in [9.17, 15) is 9.50 Å². The lowest BCUT2D eigenvalue weighted by molar-refractivity contribution is 0.173. The molecule has 0 aromatic heterocycles. The van der Waals surface area contributed by atoms with E-state index >= 15 is 0 Å². The standard InChI is InChI=1S/C15H13BrClFO/c1-9-5-6-10(13(17)7-9)8-14(19)11-3-2-4-12(16)15(11)18/h2-7,14,19H,8H2,1H3. The van der Waals surface area contributed by atoms with Crippen molar-refractivity contribution in [2.24, 2.45) is 0 Å². The van der Waals surface area contributed by atoms with Gasteiger partial charge in [0.1, 0.15) is 5.82 Å². The molecule has 0 aliphatic carbocycles. The molecule has 1 atom stereocenters. The third-order valence-electron chi connectivity index (χ3n) is 2.96. The summed E-state index contributed by atoms with van der Waals surface area (Å²) >= 11 is 9.23. The highest BCUT2D eigenvalue weighted by Crippen LogP contribution is 2.28. The van der Waals surface area contributed by atoms with Crippen molar-refractivity contribution in [2.75, 3.05) is 0 Å². The zero-order valence-corrected chi connectivity index (χ0v) is 12.7. The number of aliphatic hydroxyl groups excluding tert-OH is 1. The monoisotopic (exact) mass is 342 g/mol. The maximum atomic E-state index is 13.9. The van der Waals surface area contributed by atoms with Crippen LogP contribution in [0.3, 0.4) is 0 Å². The zero-order valence-electron chi connectivity index (χ0n) is 10.3. The summed E-state index contributed by atoms with van der Waals surface area (Å²) in [7, 11) is 0. The van der Waals surface area contributed by atoms with Gasteiger partial charge in [0.2, 0.25) is 0 Å². The van der Waals surface area contributed by atoms with Crippen LogP contribution in [-0.2, 0) is 6.42 Å². The predicted molar refractivity (Wildman–Crippen MR) is 79.0 cm³/mol. The lowest BCUT2D eigenvalue weighted by Crippen LogP contribution is -2.05. The van der Waals surface area contributed by atoms with E-state index < -0.39 is 11.9 Å². The Morgan fingerprint density at radius 2 is 2.05 bits per heavy atom. The highest BCUT2D eigenvalue weighted by Gasteiger charge is 2.16. The number of benzene rings is 2. The van der Waals surface area contributed by atoms with E-state index in [0.29, 0.717) is 9.50 Å². The van der Waals surface area contributed by atoms with Crippen LogP contribution >= 0.6 is 27.5 Å². The summed E-state index contributed by atoms with van der Waals surface area (Å²) in [5.41, 5.74) is 2.13. The minimum absolute atomic E-state index is 0.269. The summed E-state index contributed by atoms with van der Waals surface area (Å²) in [4.78, 5) is 0. The molecule has 0 saturated heterocycles. The van der Waals surface area contributed by atoms with Crippen molar-refractivity contribution in [2.45, 2.75) is 19.4 Å². The fraction of sp³-hybridized carbons (Fsp3) is 0.200. The van der Waals surface area contributed by atoms with Crippen molar-refractivity contribution in [3.8, 4) is 0 Å². The Hall–Kier alpha value is -0.900. The molecule has 0 amide bonds. The first-order valence-corrected chi connectivity index (χ1v) is 7.03. The first-order chi connectivity index (χ1) is 8.99. The number of aliphatic hydroxyl groups is 1. The minimum Gasteiger partial charge on any atom is -0.388 e. The van der Waals surface area contributed by atoms with Crippen molar-refractivity contribution < 1.29 is 9.50 Å². The second-order valence-corrected chi connectivity index (χ2v) is 5.72. The molecule has 0 aliphatic rings. The fourth-order valence-electron chi connectivity index (χ4n) is 1.91. The molecule has 0 bridgehead atoms. The van der Waals surface area contributed by atoms with Gasteiger partial charge in [-0.2, -0.15) is 0 Å². The lowest BCUT2D eigenvalue weighted by atomic mass is 10.0. The average molecular weight is 344 g/mol. The maximum absolute atomic E-state index is 13.9. The zero-order chi connectivity index (χ0) is 14.0. The Balaban J connectivity index is 2.25. The minimum atomic E-state index is -0.919. The number of halogens is 3. The molecule has 1 N–H and O–H groups in total. The molecule has 2 rings (SSSR count). The number of rotatable bonds is 3. The van der Waals surface area contributed by atoms with Crippen LogP contribution in [0.2, 0.25) is 5.02 Å². The van der Waals surface area contributed by atoms with Crippen LogP contribution < -0.4 is 0 Å². The highest BCUT2D eigenvalue weighted by atomic mass is 79.9. The average Bonchev–Trinajstić information content (AvgIpc) is 2.36. The van der Waals surface area contributed by atoms with E-state index in [4.69, 9.17) is 11.6 Å². The van der Waals surface area contributed by atoms with Crippen LogP contribution in [0, 0.1) is 12.7 Å². The quantitative estimate of drug-likeness (QED) is 0.846. The van der Waals surface area contributed by atoms with Crippen molar-refractivity contribution in [1.82, 2.24) is 0 Å². The first-order valence-electron chi connectivity index (χ1n) is 5.86. The van der Waals surface area contributed by atoms with E-state index in [-0.39, 0.29) is 12.0 Å². The molecule has 0 aliphatic heterocycles. The molecule has 2 aromatic carbocycles. The predicted octanol–water partition coefficient (Wildman–Crippen LogP) is 4.83. The topological polar surface area (TPSA) is 20.2 Å². The van der Waals surface area contributed by atoms with E-state index in [1.165, 1.54) is 0 Å². The summed E-state index contributed by atoms with van der Waals surface area (Å²) in [6, 6.07) is 10.5. The Labute approximate surface area is 125 Å². The molecule has 0 spiro atoms. The third-order valence-corrected chi connectivity index (χ3v) is 3.93. The van der Waals surface area contributed by atoms with Crippen LogP contribution in [0.25, 0.3) is 0 Å². The molecule has 1 unspecified atom stereocenters. The van der Waals surface area contributed by atoms with Crippen molar-refractivity contribution in [1.29, 1.82) is 0 Å². The van der Waals surface area contributed by atoms with E-state index in [0.717, 1.165) is 11.1 Å². The van der Waals surface area contributed by atoms with Crippen LogP contribution in [-0.4, -0.2) is 5.11 Å². The summed E-state index contributed by atoms with van der Waals surface area (Å²) in [6.07, 6.45) is -0.635. The van der Waals surface area contributed by atoms with Gasteiger partial charge in [-0.25, -0.2) is 4.39 Å². The number of hydrogen-bond donors (Lipinski definition) is 1. The van der Waals surface area contributed by atoms with Gasteiger partial charge in [-0.1, -0.05) is 35.9 Å². The summed E-state index contributed by atoms with van der Waals surface area (Å²) in [5, 5.41) is 10.7. The van der Waals surface area contributed by atoms with Gasteiger partial charge in [0, 0.05) is 17.0 Å². The molecule has 100 valence electrons. The second kappa shape index (κ2) is 6.04. The van der Waals surface area contributed by atoms with Gasteiger partial charge >= 0.3 is 0 Å². The van der Waals surface area contributed by atoms with Crippen LogP contribution in [0.1, 0.15) is 22.8 Å². The molecular weight excluding hydrogens is 331 g/mol. The van der Waals surface area contributed by atoms with Crippen molar-refractivity contribution in [3.63, 3.8) is 0 Å². The molecule has 19 heavy (non-hydrogen) atoms. The van der Waals surface area contributed by atoms with Crippen LogP contribution in [0.5, 0.6) is 0 Å². The van der Waals surface area contributed by atoms with Crippen LogP contribution in [0.15, 0.2) is 40.9 Å². The summed E-state index contributed by atoms with van der Waals surface area (Å²) < 4.78 is 14.2. The van der Waals surface area contributed by atoms with E-state index in [1.54, 1.807) is 18.2 Å². The number of aryl methyl sites for hydroxylation is 1. The largest absolute Gasteiger partial charge is 0.388 e. The van der Waals surface area contributed by atoms with Crippen LogP contribution in [0.4, 0.5) is 4.39 Å². The van der Waals surface area contributed by atoms with Gasteiger partial charge in [0.05, 0.1) is 10.6 Å². The van der Waals surface area contributed by atoms with Crippen molar-refractivity contribution in [3.05, 3.63) is 68.4 Å². The molecule has 0 heterocycles. The molecule has 4 heteroatoms. The molecule has 0 saturated carbocycles. The van der Waals surface area contributed by atoms with Gasteiger partial charge in [0.25, 0.3) is 0 Å². The summed E-state index contributed by atoms with van der Waals surface area (Å²) in [5.74, 6) is -0.432. The lowest BCUT2D eigenvalue weighted by Gasteiger charge is -2.14. The summed E-state index contributed by atoms with van der Waals surface area (Å²) in [6.45, 7) is 1.94. The van der Waals surface area contributed by atoms with E-state index in [1.807, 2.05) is 25.1 Å².